The minimum absolute atomic E-state index is 0.0799. The van der Waals surface area contributed by atoms with E-state index in [1.807, 2.05) is 24.3 Å². The van der Waals surface area contributed by atoms with E-state index in [0.717, 1.165) is 17.4 Å². The Morgan fingerprint density at radius 1 is 1.22 bits per heavy atom. The molecule has 0 unspecified atom stereocenters. The number of hydrogen-bond acceptors (Lipinski definition) is 3. The van der Waals surface area contributed by atoms with E-state index in [1.165, 1.54) is 19.1 Å². The molecule has 7 heteroatoms. The fourth-order valence-corrected chi connectivity index (χ4v) is 4.20. The summed E-state index contributed by atoms with van der Waals surface area (Å²) in [4.78, 5) is 0.0799. The average molecular weight is 374 g/mol. The number of sulfonamides is 1. The minimum atomic E-state index is -3.60. The smallest absolute Gasteiger partial charge is 0.210 e. The van der Waals surface area contributed by atoms with Crippen molar-refractivity contribution in [3.8, 4) is 0 Å². The molecule has 0 aromatic heterocycles. The Labute approximate surface area is 145 Å². The highest BCUT2D eigenvalue weighted by Gasteiger charge is 2.14. The van der Waals surface area contributed by atoms with Crippen molar-refractivity contribution in [1.29, 1.82) is 0 Å². The summed E-state index contributed by atoms with van der Waals surface area (Å²) in [5.41, 5.74) is 1.41. The second-order valence-electron chi connectivity index (χ2n) is 4.99. The van der Waals surface area contributed by atoms with Gasteiger partial charge in [0.15, 0.2) is 0 Å². The van der Waals surface area contributed by atoms with Crippen LogP contribution in [0.5, 0.6) is 0 Å². The molecule has 0 saturated carbocycles. The van der Waals surface area contributed by atoms with Crippen molar-refractivity contribution in [2.45, 2.75) is 17.6 Å². The molecule has 3 nitrogen and oxygen atoms in total. The molecule has 0 bridgehead atoms. The third kappa shape index (κ3) is 5.49. The maximum absolute atomic E-state index is 13.2. The fourth-order valence-electron chi connectivity index (χ4n) is 1.93. The number of nitrogens with one attached hydrogen (secondary N) is 1. The lowest BCUT2D eigenvalue weighted by molar-refractivity contribution is 0.582. The van der Waals surface area contributed by atoms with Gasteiger partial charge < -0.3 is 0 Å². The molecule has 2 rings (SSSR count). The molecule has 0 fully saturated rings. The first kappa shape index (κ1) is 18.3. The van der Waals surface area contributed by atoms with Crippen LogP contribution in [-0.4, -0.2) is 20.7 Å². The molecule has 1 N–H and O–H groups in total. The van der Waals surface area contributed by atoms with Crippen molar-refractivity contribution in [3.63, 3.8) is 0 Å². The van der Waals surface area contributed by atoms with Gasteiger partial charge in [-0.3, -0.25) is 0 Å². The van der Waals surface area contributed by atoms with Gasteiger partial charge in [0.2, 0.25) is 10.0 Å². The SMILES string of the molecule is Cc1cc(S(=O)(=O)NCCSCc2cccc(Cl)c2)ccc1F. The molecule has 124 valence electrons. The van der Waals surface area contributed by atoms with Gasteiger partial charge in [-0.1, -0.05) is 23.7 Å². The number of aryl methyl sites for hydroxylation is 1. The van der Waals surface area contributed by atoms with Crippen LogP contribution in [0.15, 0.2) is 47.4 Å². The van der Waals surface area contributed by atoms with Crippen molar-refractivity contribution in [3.05, 3.63) is 64.4 Å². The summed E-state index contributed by atoms with van der Waals surface area (Å²) in [6.07, 6.45) is 0. The van der Waals surface area contributed by atoms with Gasteiger partial charge in [-0.15, -0.1) is 0 Å². The van der Waals surface area contributed by atoms with Crippen LogP contribution in [0.4, 0.5) is 4.39 Å². The molecule has 0 radical (unpaired) electrons. The second kappa shape index (κ2) is 8.15. The normalized spacial score (nSPS) is 11.6. The summed E-state index contributed by atoms with van der Waals surface area (Å²) in [5.74, 6) is 0.977. The van der Waals surface area contributed by atoms with Gasteiger partial charge in [-0.2, -0.15) is 11.8 Å². The monoisotopic (exact) mass is 373 g/mol. The summed E-state index contributed by atoms with van der Waals surface area (Å²) in [7, 11) is -3.60. The first-order valence-electron chi connectivity index (χ1n) is 6.96. The summed E-state index contributed by atoms with van der Waals surface area (Å²) in [6, 6.07) is 11.3. The van der Waals surface area contributed by atoms with Crippen LogP contribution in [0.2, 0.25) is 5.02 Å². The maximum atomic E-state index is 13.2. The molecule has 0 saturated heterocycles. The molecule has 0 aliphatic rings. The van der Waals surface area contributed by atoms with Crippen LogP contribution >= 0.6 is 23.4 Å². The zero-order valence-electron chi connectivity index (χ0n) is 12.6. The first-order valence-corrected chi connectivity index (χ1v) is 9.98. The molecule has 2 aromatic rings. The molecular weight excluding hydrogens is 357 g/mol. The van der Waals surface area contributed by atoms with E-state index >= 15 is 0 Å². The molecule has 0 spiro atoms. The predicted octanol–water partition coefficient (Wildman–Crippen LogP) is 4.00. The largest absolute Gasteiger partial charge is 0.240 e. The Hall–Kier alpha value is -1.08. The van der Waals surface area contributed by atoms with Crippen LogP contribution < -0.4 is 4.72 Å². The Balaban J connectivity index is 1.82. The third-order valence-electron chi connectivity index (χ3n) is 3.14. The Bertz CT molecular complexity index is 781. The van der Waals surface area contributed by atoms with E-state index in [9.17, 15) is 12.8 Å². The molecular formula is C16H17ClFNO2S2. The minimum Gasteiger partial charge on any atom is -0.210 e. The molecule has 0 aliphatic carbocycles. The van der Waals surface area contributed by atoms with Crippen molar-refractivity contribution < 1.29 is 12.8 Å². The van der Waals surface area contributed by atoms with Crippen molar-refractivity contribution in [2.75, 3.05) is 12.3 Å². The first-order chi connectivity index (χ1) is 10.9. The van der Waals surface area contributed by atoms with Crippen LogP contribution in [0.3, 0.4) is 0 Å². The van der Waals surface area contributed by atoms with Crippen LogP contribution in [0, 0.1) is 12.7 Å². The Morgan fingerprint density at radius 2 is 2.00 bits per heavy atom. The average Bonchev–Trinajstić information content (AvgIpc) is 2.49. The molecule has 0 amide bonds. The molecule has 2 aromatic carbocycles. The predicted molar refractivity (Wildman–Crippen MR) is 93.9 cm³/mol. The lowest BCUT2D eigenvalue weighted by atomic mass is 10.2. The van der Waals surface area contributed by atoms with E-state index in [0.29, 0.717) is 22.9 Å². The molecule has 0 aliphatic heterocycles. The van der Waals surface area contributed by atoms with Crippen molar-refractivity contribution in [2.24, 2.45) is 0 Å². The van der Waals surface area contributed by atoms with E-state index in [2.05, 4.69) is 4.72 Å². The van der Waals surface area contributed by atoms with Crippen molar-refractivity contribution >= 4 is 33.4 Å². The van der Waals surface area contributed by atoms with Gasteiger partial charge in [0.05, 0.1) is 4.90 Å². The maximum Gasteiger partial charge on any atom is 0.240 e. The lowest BCUT2D eigenvalue weighted by Crippen LogP contribution is -2.26. The second-order valence-corrected chi connectivity index (χ2v) is 8.30. The quantitative estimate of drug-likeness (QED) is 0.746. The Morgan fingerprint density at radius 3 is 2.70 bits per heavy atom. The van der Waals surface area contributed by atoms with E-state index < -0.39 is 15.8 Å². The zero-order valence-corrected chi connectivity index (χ0v) is 14.9. The number of halogens is 2. The number of rotatable bonds is 7. The van der Waals surface area contributed by atoms with Gasteiger partial charge in [0.1, 0.15) is 5.82 Å². The van der Waals surface area contributed by atoms with Crippen LogP contribution in [0.25, 0.3) is 0 Å². The van der Waals surface area contributed by atoms with Gasteiger partial charge in [0.25, 0.3) is 0 Å². The van der Waals surface area contributed by atoms with Crippen LogP contribution in [-0.2, 0) is 15.8 Å². The fraction of sp³-hybridized carbons (Fsp3) is 0.250. The number of hydrogen-bond donors (Lipinski definition) is 1. The van der Waals surface area contributed by atoms with E-state index in [1.54, 1.807) is 11.8 Å². The van der Waals surface area contributed by atoms with E-state index in [4.69, 9.17) is 11.6 Å². The standard InChI is InChI=1S/C16H17ClFNO2S2/c1-12-9-15(5-6-16(12)18)23(20,21)19-7-8-22-11-13-3-2-4-14(17)10-13/h2-6,9-10,19H,7-8,11H2,1H3. The van der Waals surface area contributed by atoms with Gasteiger partial charge in [-0.05, 0) is 48.4 Å². The molecule has 0 atom stereocenters. The highest BCUT2D eigenvalue weighted by molar-refractivity contribution is 7.98. The summed E-state index contributed by atoms with van der Waals surface area (Å²) < 4.78 is 39.9. The highest BCUT2D eigenvalue weighted by atomic mass is 35.5. The zero-order chi connectivity index (χ0) is 16.9. The molecule has 23 heavy (non-hydrogen) atoms. The third-order valence-corrected chi connectivity index (χ3v) is 5.86. The summed E-state index contributed by atoms with van der Waals surface area (Å²) >= 11 is 7.52. The summed E-state index contributed by atoms with van der Waals surface area (Å²) in [6.45, 7) is 1.85. The Kier molecular flexibility index (Phi) is 6.47. The number of benzene rings is 2. The van der Waals surface area contributed by atoms with Gasteiger partial charge >= 0.3 is 0 Å². The van der Waals surface area contributed by atoms with E-state index in [-0.39, 0.29) is 4.90 Å². The topological polar surface area (TPSA) is 46.2 Å². The molecule has 0 heterocycles. The number of thioether (sulfide) groups is 1. The lowest BCUT2D eigenvalue weighted by Gasteiger charge is -2.08. The van der Waals surface area contributed by atoms with Crippen molar-refractivity contribution in [1.82, 2.24) is 4.72 Å². The summed E-state index contributed by atoms with van der Waals surface area (Å²) in [5, 5.41) is 0.690. The van der Waals surface area contributed by atoms with Gasteiger partial charge in [-0.25, -0.2) is 17.5 Å². The highest BCUT2D eigenvalue weighted by Crippen LogP contribution is 2.17. The van der Waals surface area contributed by atoms with Gasteiger partial charge in [0, 0.05) is 23.1 Å². The van der Waals surface area contributed by atoms with Crippen LogP contribution in [0.1, 0.15) is 11.1 Å².